The molecule has 0 spiro atoms. The molecular formula is C21H24N6O2S2. The van der Waals surface area contributed by atoms with Crippen molar-refractivity contribution in [1.82, 2.24) is 20.2 Å². The minimum atomic E-state index is -0.187. The van der Waals surface area contributed by atoms with Gasteiger partial charge in [-0.1, -0.05) is 12.1 Å². The van der Waals surface area contributed by atoms with Crippen LogP contribution >= 0.6 is 22.7 Å². The van der Waals surface area contributed by atoms with Crippen LogP contribution in [-0.4, -0.2) is 59.9 Å². The Bertz CT molecular complexity index is 1010. The number of piperazine rings is 1. The fourth-order valence-corrected chi connectivity index (χ4v) is 4.51. The van der Waals surface area contributed by atoms with Gasteiger partial charge in [0.1, 0.15) is 5.82 Å². The van der Waals surface area contributed by atoms with E-state index in [0.717, 1.165) is 37.6 Å². The molecular weight excluding hydrogens is 432 g/mol. The van der Waals surface area contributed by atoms with Crippen molar-refractivity contribution >= 4 is 45.4 Å². The molecule has 0 saturated carbocycles. The number of hydrogen-bond donors (Lipinski definition) is 2. The Kier molecular flexibility index (Phi) is 6.90. The molecule has 162 valence electrons. The Balaban J connectivity index is 1.23. The standard InChI is InChI=1S/C21H24N6O2S2/c1-26-6-8-27(9-7-26)18-5-4-15(12-22-18)13-23-19(28)11-16-14-31-21(24-16)25-20(29)17-3-2-10-30-17/h2-5,10,12,14H,6-9,11,13H2,1H3,(H,23,28)(H,24,25,29). The Labute approximate surface area is 188 Å². The van der Waals surface area contributed by atoms with Crippen molar-refractivity contribution < 1.29 is 9.59 Å². The van der Waals surface area contributed by atoms with Crippen molar-refractivity contribution in [2.24, 2.45) is 0 Å². The monoisotopic (exact) mass is 456 g/mol. The van der Waals surface area contributed by atoms with Crippen LogP contribution in [0.4, 0.5) is 10.9 Å². The molecule has 0 atom stereocenters. The van der Waals surface area contributed by atoms with Gasteiger partial charge in [-0.15, -0.1) is 22.7 Å². The molecule has 3 aromatic rings. The molecule has 1 aliphatic heterocycles. The van der Waals surface area contributed by atoms with E-state index in [1.807, 2.05) is 29.8 Å². The van der Waals surface area contributed by atoms with Crippen molar-refractivity contribution in [3.05, 3.63) is 57.4 Å². The third-order valence-electron chi connectivity index (χ3n) is 4.98. The first-order valence-electron chi connectivity index (χ1n) is 10.0. The Morgan fingerprint density at radius 1 is 1.13 bits per heavy atom. The summed E-state index contributed by atoms with van der Waals surface area (Å²) in [6.07, 6.45) is 1.98. The summed E-state index contributed by atoms with van der Waals surface area (Å²) in [5.41, 5.74) is 1.58. The fraction of sp³-hybridized carbons (Fsp3) is 0.333. The summed E-state index contributed by atoms with van der Waals surface area (Å²) in [5.74, 6) is 0.667. The number of amides is 2. The number of nitrogens with one attached hydrogen (secondary N) is 2. The first-order chi connectivity index (χ1) is 15.1. The molecule has 2 N–H and O–H groups in total. The van der Waals surface area contributed by atoms with Gasteiger partial charge in [0.15, 0.2) is 5.13 Å². The highest BCUT2D eigenvalue weighted by Gasteiger charge is 2.15. The average molecular weight is 457 g/mol. The van der Waals surface area contributed by atoms with Gasteiger partial charge in [-0.3, -0.25) is 14.9 Å². The van der Waals surface area contributed by atoms with E-state index in [0.29, 0.717) is 22.2 Å². The highest BCUT2D eigenvalue weighted by Crippen LogP contribution is 2.18. The molecule has 1 fully saturated rings. The SMILES string of the molecule is CN1CCN(c2ccc(CNC(=O)Cc3csc(NC(=O)c4cccs4)n3)cn2)CC1. The number of carbonyl (C=O) groups is 2. The third-order valence-corrected chi connectivity index (χ3v) is 6.66. The molecule has 3 aromatic heterocycles. The van der Waals surface area contributed by atoms with Gasteiger partial charge in [0, 0.05) is 44.3 Å². The number of pyridine rings is 1. The highest BCUT2D eigenvalue weighted by atomic mass is 32.1. The lowest BCUT2D eigenvalue weighted by Crippen LogP contribution is -2.44. The molecule has 4 heterocycles. The Hall–Kier alpha value is -2.82. The van der Waals surface area contributed by atoms with E-state index in [4.69, 9.17) is 0 Å². The van der Waals surface area contributed by atoms with Crippen LogP contribution < -0.4 is 15.5 Å². The largest absolute Gasteiger partial charge is 0.354 e. The number of carbonyl (C=O) groups excluding carboxylic acids is 2. The second kappa shape index (κ2) is 9.99. The molecule has 0 unspecified atom stereocenters. The minimum absolute atomic E-state index is 0.121. The first kappa shape index (κ1) is 21.4. The van der Waals surface area contributed by atoms with Gasteiger partial charge >= 0.3 is 0 Å². The summed E-state index contributed by atoms with van der Waals surface area (Å²) < 4.78 is 0. The molecule has 0 radical (unpaired) electrons. The normalized spacial score (nSPS) is 14.4. The van der Waals surface area contributed by atoms with Gasteiger partial charge in [0.2, 0.25) is 5.91 Å². The lowest BCUT2D eigenvalue weighted by atomic mass is 10.2. The van der Waals surface area contributed by atoms with Gasteiger partial charge in [0.25, 0.3) is 5.91 Å². The predicted octanol–water partition coefficient (Wildman–Crippen LogP) is 2.46. The maximum Gasteiger partial charge on any atom is 0.267 e. The first-order valence-corrected chi connectivity index (χ1v) is 11.8. The number of likely N-dealkylation sites (N-methyl/N-ethyl adjacent to an activating group) is 1. The second-order valence-electron chi connectivity index (χ2n) is 7.34. The summed E-state index contributed by atoms with van der Waals surface area (Å²) in [6, 6.07) is 7.60. The molecule has 0 bridgehead atoms. The Morgan fingerprint density at radius 2 is 1.97 bits per heavy atom. The van der Waals surface area contributed by atoms with Crippen LogP contribution in [0.25, 0.3) is 0 Å². The fourth-order valence-electron chi connectivity index (χ4n) is 3.18. The lowest BCUT2D eigenvalue weighted by molar-refractivity contribution is -0.120. The van der Waals surface area contributed by atoms with E-state index in [2.05, 4.69) is 37.4 Å². The number of aromatic nitrogens is 2. The van der Waals surface area contributed by atoms with Gasteiger partial charge in [-0.2, -0.15) is 0 Å². The molecule has 2 amide bonds. The number of hydrogen-bond acceptors (Lipinski definition) is 8. The summed E-state index contributed by atoms with van der Waals surface area (Å²) in [6.45, 7) is 4.44. The molecule has 10 heteroatoms. The van der Waals surface area contributed by atoms with Crippen LogP contribution in [0.5, 0.6) is 0 Å². The average Bonchev–Trinajstić information content (AvgIpc) is 3.46. The molecule has 1 aliphatic rings. The van der Waals surface area contributed by atoms with E-state index in [9.17, 15) is 9.59 Å². The van der Waals surface area contributed by atoms with E-state index < -0.39 is 0 Å². The van der Waals surface area contributed by atoms with Crippen molar-refractivity contribution in [1.29, 1.82) is 0 Å². The van der Waals surface area contributed by atoms with Gasteiger partial charge < -0.3 is 15.1 Å². The molecule has 1 saturated heterocycles. The van der Waals surface area contributed by atoms with E-state index >= 15 is 0 Å². The molecule has 0 aliphatic carbocycles. The van der Waals surface area contributed by atoms with Crippen molar-refractivity contribution in [2.75, 3.05) is 43.4 Å². The van der Waals surface area contributed by atoms with Crippen LogP contribution in [0, 0.1) is 0 Å². The highest BCUT2D eigenvalue weighted by molar-refractivity contribution is 7.14. The molecule has 31 heavy (non-hydrogen) atoms. The van der Waals surface area contributed by atoms with Crippen molar-refractivity contribution in [3.8, 4) is 0 Å². The van der Waals surface area contributed by atoms with Crippen molar-refractivity contribution in [2.45, 2.75) is 13.0 Å². The Morgan fingerprint density at radius 3 is 2.68 bits per heavy atom. The number of anilines is 2. The minimum Gasteiger partial charge on any atom is -0.354 e. The summed E-state index contributed by atoms with van der Waals surface area (Å²) in [7, 11) is 2.13. The van der Waals surface area contributed by atoms with Gasteiger partial charge in [-0.25, -0.2) is 9.97 Å². The van der Waals surface area contributed by atoms with Gasteiger partial charge in [-0.05, 0) is 30.1 Å². The van der Waals surface area contributed by atoms with E-state index in [1.54, 1.807) is 11.4 Å². The maximum absolute atomic E-state index is 12.3. The number of nitrogens with zero attached hydrogens (tertiary/aromatic N) is 4. The van der Waals surface area contributed by atoms with Crippen LogP contribution in [-0.2, 0) is 17.8 Å². The van der Waals surface area contributed by atoms with E-state index in [-0.39, 0.29) is 18.2 Å². The topological polar surface area (TPSA) is 90.5 Å². The number of rotatable bonds is 7. The summed E-state index contributed by atoms with van der Waals surface area (Å²) in [5, 5.41) is 9.79. The molecule has 8 nitrogen and oxygen atoms in total. The third kappa shape index (κ3) is 5.87. The van der Waals surface area contributed by atoms with E-state index in [1.165, 1.54) is 22.7 Å². The lowest BCUT2D eigenvalue weighted by Gasteiger charge is -2.33. The zero-order valence-electron chi connectivity index (χ0n) is 17.2. The number of thiophene rings is 1. The molecule has 4 rings (SSSR count). The molecule has 0 aromatic carbocycles. The summed E-state index contributed by atoms with van der Waals surface area (Å²) >= 11 is 2.68. The summed E-state index contributed by atoms with van der Waals surface area (Å²) in [4.78, 5) is 38.5. The number of thiazole rings is 1. The van der Waals surface area contributed by atoms with Crippen LogP contribution in [0.1, 0.15) is 20.9 Å². The zero-order valence-corrected chi connectivity index (χ0v) is 18.8. The predicted molar refractivity (Wildman–Crippen MR) is 124 cm³/mol. The van der Waals surface area contributed by atoms with Crippen LogP contribution in [0.2, 0.25) is 0 Å². The maximum atomic E-state index is 12.3. The quantitative estimate of drug-likeness (QED) is 0.568. The zero-order chi connectivity index (χ0) is 21.6. The smallest absolute Gasteiger partial charge is 0.267 e. The second-order valence-corrected chi connectivity index (χ2v) is 9.15. The van der Waals surface area contributed by atoms with Crippen molar-refractivity contribution in [3.63, 3.8) is 0 Å². The van der Waals surface area contributed by atoms with Crippen LogP contribution in [0.3, 0.4) is 0 Å². The van der Waals surface area contributed by atoms with Gasteiger partial charge in [0.05, 0.1) is 17.0 Å². The van der Waals surface area contributed by atoms with Crippen LogP contribution in [0.15, 0.2) is 41.2 Å².